The number of alkyl halides is 2. The van der Waals surface area contributed by atoms with E-state index < -0.39 is 5.92 Å². The fourth-order valence-corrected chi connectivity index (χ4v) is 3.41. The number of carbonyl (C=O) groups is 1. The predicted molar refractivity (Wildman–Crippen MR) is 117 cm³/mol. The Bertz CT molecular complexity index is 1040. The number of anilines is 1. The van der Waals surface area contributed by atoms with E-state index in [0.717, 1.165) is 29.2 Å². The summed E-state index contributed by atoms with van der Waals surface area (Å²) in [6.07, 6.45) is 2.66. The van der Waals surface area contributed by atoms with Crippen LogP contribution < -0.4 is 5.73 Å². The molecular weight excluding hydrogens is 382 g/mol. The maximum Gasteiger partial charge on any atom is 0.270 e. The molecule has 0 amide bonds. The lowest BCUT2D eigenvalue weighted by atomic mass is 9.91. The lowest BCUT2D eigenvalue weighted by Gasteiger charge is -2.14. The highest BCUT2D eigenvalue weighted by atomic mass is 19.3. The number of Topliss-reactive ketones (excluding diaryl/α,β-unsaturated/α-hetero) is 1. The van der Waals surface area contributed by atoms with Crippen LogP contribution in [0.1, 0.15) is 54.2 Å². The molecule has 3 rings (SSSR count). The van der Waals surface area contributed by atoms with E-state index in [0.29, 0.717) is 24.2 Å². The fraction of sp³-hybridized carbons (Fsp3) is 0.280. The highest BCUT2D eigenvalue weighted by molar-refractivity contribution is 5.97. The Kier molecular flexibility index (Phi) is 6.30. The molecule has 1 heterocycles. The van der Waals surface area contributed by atoms with Crippen molar-refractivity contribution in [1.82, 2.24) is 4.98 Å². The molecule has 0 unspecified atom stereocenters. The molecule has 2 aromatic carbocycles. The molecule has 2 N–H and O–H groups in total. The zero-order valence-electron chi connectivity index (χ0n) is 17.5. The van der Waals surface area contributed by atoms with Gasteiger partial charge in [-0.3, -0.25) is 4.79 Å². The van der Waals surface area contributed by atoms with E-state index >= 15 is 0 Å². The third-order valence-corrected chi connectivity index (χ3v) is 4.97. The molecule has 0 aliphatic heterocycles. The smallest absolute Gasteiger partial charge is 0.270 e. The Balaban J connectivity index is 1.99. The van der Waals surface area contributed by atoms with Gasteiger partial charge < -0.3 is 5.73 Å². The Morgan fingerprint density at radius 1 is 1.07 bits per heavy atom. The molecule has 0 saturated heterocycles. The van der Waals surface area contributed by atoms with Gasteiger partial charge in [0, 0.05) is 30.7 Å². The summed E-state index contributed by atoms with van der Waals surface area (Å²) in [6.45, 7) is 4.92. The molecule has 156 valence electrons. The predicted octanol–water partition coefficient (Wildman–Crippen LogP) is 6.26. The van der Waals surface area contributed by atoms with Crippen molar-refractivity contribution in [2.24, 2.45) is 5.92 Å². The van der Waals surface area contributed by atoms with E-state index in [2.05, 4.69) is 4.98 Å². The molecule has 0 saturated carbocycles. The van der Waals surface area contributed by atoms with Crippen molar-refractivity contribution in [1.29, 1.82) is 0 Å². The van der Waals surface area contributed by atoms with Crippen LogP contribution in [0.3, 0.4) is 0 Å². The molecule has 1 aromatic heterocycles. The van der Waals surface area contributed by atoms with Crippen LogP contribution in [-0.2, 0) is 12.3 Å². The zero-order valence-corrected chi connectivity index (χ0v) is 17.5. The van der Waals surface area contributed by atoms with Crippen LogP contribution in [0.4, 0.5) is 14.6 Å². The fourth-order valence-electron chi connectivity index (χ4n) is 3.41. The maximum atomic E-state index is 13.5. The van der Waals surface area contributed by atoms with Gasteiger partial charge in [-0.25, -0.2) is 13.8 Å². The molecule has 3 aromatic rings. The first-order chi connectivity index (χ1) is 14.1. The van der Waals surface area contributed by atoms with Crippen LogP contribution in [0.2, 0.25) is 0 Å². The van der Waals surface area contributed by atoms with E-state index in [-0.39, 0.29) is 17.3 Å². The van der Waals surface area contributed by atoms with Crippen LogP contribution in [0.25, 0.3) is 11.1 Å². The molecule has 0 bridgehead atoms. The first-order valence-electron chi connectivity index (χ1n) is 9.98. The number of nitrogens with zero attached hydrogens (tertiary/aromatic N) is 1. The standard InChI is InChI=1S/C25H26F2N2O/c1-16(2)12-23(30)20-7-6-18(22(14-20)19-10-11-29-24(28)15-19)13-17-4-8-21(9-5-17)25(3,26)27/h4-11,14-16H,12-13H2,1-3H3,(H2,28,29). The van der Waals surface area contributed by atoms with Gasteiger partial charge >= 0.3 is 0 Å². The first kappa shape index (κ1) is 21.6. The SMILES string of the molecule is CC(C)CC(=O)c1ccc(Cc2ccc(C(C)(F)F)cc2)c(-c2ccnc(N)c2)c1. The van der Waals surface area contributed by atoms with E-state index in [1.165, 1.54) is 12.1 Å². The minimum absolute atomic E-state index is 0.0111. The van der Waals surface area contributed by atoms with Crippen molar-refractivity contribution < 1.29 is 13.6 Å². The van der Waals surface area contributed by atoms with Crippen molar-refractivity contribution >= 4 is 11.6 Å². The number of pyridine rings is 1. The maximum absolute atomic E-state index is 13.5. The number of nitrogens with two attached hydrogens (primary N) is 1. The van der Waals surface area contributed by atoms with E-state index in [1.807, 2.05) is 38.1 Å². The number of rotatable bonds is 7. The van der Waals surface area contributed by atoms with E-state index in [1.54, 1.807) is 24.4 Å². The molecule has 30 heavy (non-hydrogen) atoms. The van der Waals surface area contributed by atoms with Crippen molar-refractivity contribution in [2.45, 2.75) is 39.5 Å². The molecule has 0 atom stereocenters. The zero-order chi connectivity index (χ0) is 21.9. The minimum Gasteiger partial charge on any atom is -0.384 e. The number of hydrogen-bond donors (Lipinski definition) is 1. The van der Waals surface area contributed by atoms with Gasteiger partial charge in [-0.1, -0.05) is 50.2 Å². The number of ketones is 1. The average Bonchev–Trinajstić information content (AvgIpc) is 2.67. The monoisotopic (exact) mass is 408 g/mol. The Hall–Kier alpha value is -3.08. The Morgan fingerprint density at radius 3 is 2.37 bits per heavy atom. The summed E-state index contributed by atoms with van der Waals surface area (Å²) in [4.78, 5) is 16.6. The molecule has 0 aliphatic carbocycles. The normalized spacial score (nSPS) is 11.7. The van der Waals surface area contributed by atoms with Crippen LogP contribution in [0, 0.1) is 5.92 Å². The topological polar surface area (TPSA) is 56.0 Å². The molecule has 0 radical (unpaired) electrons. The van der Waals surface area contributed by atoms with Crippen molar-refractivity contribution in [3.05, 3.63) is 83.0 Å². The Labute approximate surface area is 176 Å². The lowest BCUT2D eigenvalue weighted by molar-refractivity contribution is 0.0174. The molecule has 0 spiro atoms. The largest absolute Gasteiger partial charge is 0.384 e. The van der Waals surface area contributed by atoms with Crippen molar-refractivity contribution in [3.63, 3.8) is 0 Å². The van der Waals surface area contributed by atoms with Crippen LogP contribution in [0.5, 0.6) is 0 Å². The highest BCUT2D eigenvalue weighted by Crippen LogP contribution is 2.30. The quantitative estimate of drug-likeness (QED) is 0.469. The van der Waals surface area contributed by atoms with Crippen molar-refractivity contribution in [2.75, 3.05) is 5.73 Å². The van der Waals surface area contributed by atoms with Crippen molar-refractivity contribution in [3.8, 4) is 11.1 Å². The third kappa shape index (κ3) is 5.29. The number of halogens is 2. The number of aromatic nitrogens is 1. The number of benzene rings is 2. The van der Waals surface area contributed by atoms with Gasteiger partial charge in [0.2, 0.25) is 0 Å². The first-order valence-corrected chi connectivity index (χ1v) is 9.98. The molecule has 0 fully saturated rings. The van der Waals surface area contributed by atoms with Gasteiger partial charge in [0.25, 0.3) is 5.92 Å². The summed E-state index contributed by atoms with van der Waals surface area (Å²) in [5, 5.41) is 0. The summed E-state index contributed by atoms with van der Waals surface area (Å²) < 4.78 is 27.0. The van der Waals surface area contributed by atoms with Crippen LogP contribution in [-0.4, -0.2) is 10.8 Å². The average molecular weight is 408 g/mol. The van der Waals surface area contributed by atoms with Crippen LogP contribution >= 0.6 is 0 Å². The summed E-state index contributed by atoms with van der Waals surface area (Å²) in [7, 11) is 0. The highest BCUT2D eigenvalue weighted by Gasteiger charge is 2.23. The van der Waals surface area contributed by atoms with Gasteiger partial charge in [0.15, 0.2) is 5.78 Å². The summed E-state index contributed by atoms with van der Waals surface area (Å²) in [5.41, 5.74) is 10.2. The number of hydrogen-bond acceptors (Lipinski definition) is 3. The second-order valence-electron chi connectivity index (χ2n) is 8.12. The second kappa shape index (κ2) is 8.74. The molecule has 0 aliphatic rings. The van der Waals surface area contributed by atoms with Gasteiger partial charge in [0.1, 0.15) is 5.82 Å². The summed E-state index contributed by atoms with van der Waals surface area (Å²) >= 11 is 0. The number of carbonyl (C=O) groups excluding carboxylic acids is 1. The summed E-state index contributed by atoms with van der Waals surface area (Å²) in [6, 6.07) is 15.6. The van der Waals surface area contributed by atoms with Gasteiger partial charge in [0.05, 0.1) is 0 Å². The van der Waals surface area contributed by atoms with Gasteiger partial charge in [-0.15, -0.1) is 0 Å². The van der Waals surface area contributed by atoms with E-state index in [9.17, 15) is 13.6 Å². The van der Waals surface area contributed by atoms with E-state index in [4.69, 9.17) is 5.73 Å². The Morgan fingerprint density at radius 2 is 1.77 bits per heavy atom. The molecule has 3 nitrogen and oxygen atoms in total. The minimum atomic E-state index is -2.86. The number of nitrogen functional groups attached to an aromatic ring is 1. The molecule has 5 heteroatoms. The molecular formula is C25H26F2N2O. The van der Waals surface area contributed by atoms with Gasteiger partial charge in [-0.2, -0.15) is 0 Å². The second-order valence-corrected chi connectivity index (χ2v) is 8.12. The van der Waals surface area contributed by atoms with Crippen LogP contribution in [0.15, 0.2) is 60.8 Å². The summed E-state index contributed by atoms with van der Waals surface area (Å²) in [5.74, 6) is -2.11. The lowest BCUT2D eigenvalue weighted by Crippen LogP contribution is -2.07. The van der Waals surface area contributed by atoms with Gasteiger partial charge in [-0.05, 0) is 52.8 Å². The third-order valence-electron chi connectivity index (χ3n) is 4.97.